The second-order valence-corrected chi connectivity index (χ2v) is 7.66. The lowest BCUT2D eigenvalue weighted by Crippen LogP contribution is -2.25. The molecule has 4 rings (SSSR count). The first-order valence-electron chi connectivity index (χ1n) is 9.54. The van der Waals surface area contributed by atoms with Crippen LogP contribution in [-0.4, -0.2) is 31.6 Å². The van der Waals surface area contributed by atoms with Crippen molar-refractivity contribution in [1.29, 1.82) is 0 Å². The molecule has 3 heterocycles. The standard InChI is InChI=1S/C21H20N6O3S/c1-14-18(6-7-30-14)20(29)26-21-25-17(11-31-21)8-19(28)23-9-15-4-2-3-5-16(15)10-27-13-22-12-24-27/h2-7,11-13H,8-10H2,1H3,(H,23,28)(H,25,26,29). The Bertz CT molecular complexity index is 1180. The summed E-state index contributed by atoms with van der Waals surface area (Å²) in [6.07, 6.45) is 4.74. The number of furan rings is 1. The highest BCUT2D eigenvalue weighted by molar-refractivity contribution is 7.14. The van der Waals surface area contributed by atoms with E-state index >= 15 is 0 Å². The molecular formula is C21H20N6O3S. The summed E-state index contributed by atoms with van der Waals surface area (Å²) in [5, 5.41) is 12.0. The fourth-order valence-electron chi connectivity index (χ4n) is 3.02. The van der Waals surface area contributed by atoms with Crippen LogP contribution in [0.1, 0.15) is 32.9 Å². The summed E-state index contributed by atoms with van der Waals surface area (Å²) in [7, 11) is 0. The minimum atomic E-state index is -0.291. The van der Waals surface area contributed by atoms with E-state index in [0.717, 1.165) is 11.1 Å². The highest BCUT2D eigenvalue weighted by Gasteiger charge is 2.14. The van der Waals surface area contributed by atoms with Crippen molar-refractivity contribution in [3.05, 3.63) is 82.8 Å². The number of nitrogens with one attached hydrogen (secondary N) is 2. The molecule has 3 aromatic heterocycles. The largest absolute Gasteiger partial charge is 0.469 e. The van der Waals surface area contributed by atoms with Gasteiger partial charge in [-0.15, -0.1) is 11.3 Å². The summed E-state index contributed by atoms with van der Waals surface area (Å²) >= 11 is 1.27. The van der Waals surface area contributed by atoms with Gasteiger partial charge in [-0.05, 0) is 24.1 Å². The zero-order valence-electron chi connectivity index (χ0n) is 16.7. The molecule has 0 spiro atoms. The van der Waals surface area contributed by atoms with Crippen LogP contribution in [0.5, 0.6) is 0 Å². The van der Waals surface area contributed by atoms with Crippen LogP contribution in [0.3, 0.4) is 0 Å². The SMILES string of the molecule is Cc1occc1C(=O)Nc1nc(CC(=O)NCc2ccccc2Cn2cncn2)cs1. The minimum Gasteiger partial charge on any atom is -0.469 e. The third-order valence-corrected chi connectivity index (χ3v) is 5.42. The van der Waals surface area contributed by atoms with Crippen molar-refractivity contribution < 1.29 is 14.0 Å². The summed E-state index contributed by atoms with van der Waals surface area (Å²) in [4.78, 5) is 32.9. The first-order valence-corrected chi connectivity index (χ1v) is 10.4. The average Bonchev–Trinajstić information content (AvgIpc) is 3.50. The zero-order chi connectivity index (χ0) is 21.6. The van der Waals surface area contributed by atoms with Crippen LogP contribution in [0, 0.1) is 6.92 Å². The molecule has 31 heavy (non-hydrogen) atoms. The molecule has 0 aliphatic heterocycles. The highest BCUT2D eigenvalue weighted by Crippen LogP contribution is 2.18. The van der Waals surface area contributed by atoms with Gasteiger partial charge in [-0.25, -0.2) is 14.6 Å². The summed E-state index contributed by atoms with van der Waals surface area (Å²) in [6.45, 7) is 2.70. The number of aromatic nitrogens is 4. The number of thiazole rings is 1. The minimum absolute atomic E-state index is 0.127. The van der Waals surface area contributed by atoms with Crippen LogP contribution in [0.4, 0.5) is 5.13 Å². The second kappa shape index (κ2) is 9.35. The number of aryl methyl sites for hydroxylation is 1. The van der Waals surface area contributed by atoms with Crippen LogP contribution in [0.15, 0.2) is 59.0 Å². The molecule has 10 heteroatoms. The van der Waals surface area contributed by atoms with Gasteiger partial charge in [0.25, 0.3) is 5.91 Å². The molecule has 0 unspecified atom stereocenters. The number of benzene rings is 1. The van der Waals surface area contributed by atoms with Crippen molar-refractivity contribution in [3.8, 4) is 0 Å². The van der Waals surface area contributed by atoms with Gasteiger partial charge >= 0.3 is 0 Å². The van der Waals surface area contributed by atoms with Gasteiger partial charge in [0.2, 0.25) is 5.91 Å². The third-order valence-electron chi connectivity index (χ3n) is 4.61. The molecule has 2 amide bonds. The molecule has 0 radical (unpaired) electrons. The van der Waals surface area contributed by atoms with Gasteiger partial charge in [-0.3, -0.25) is 14.9 Å². The molecule has 158 valence electrons. The van der Waals surface area contributed by atoms with Gasteiger partial charge in [-0.1, -0.05) is 24.3 Å². The van der Waals surface area contributed by atoms with E-state index < -0.39 is 0 Å². The van der Waals surface area contributed by atoms with E-state index in [2.05, 4.69) is 25.7 Å². The number of rotatable bonds is 8. The van der Waals surface area contributed by atoms with Crippen molar-refractivity contribution in [2.75, 3.05) is 5.32 Å². The number of carbonyl (C=O) groups is 2. The quantitative estimate of drug-likeness (QED) is 0.439. The van der Waals surface area contributed by atoms with E-state index in [0.29, 0.717) is 35.2 Å². The van der Waals surface area contributed by atoms with Crippen molar-refractivity contribution >= 4 is 28.3 Å². The zero-order valence-corrected chi connectivity index (χ0v) is 17.6. The maximum atomic E-state index is 12.4. The Morgan fingerprint density at radius 1 is 1.19 bits per heavy atom. The van der Waals surface area contributed by atoms with Crippen molar-refractivity contribution in [2.24, 2.45) is 0 Å². The topological polar surface area (TPSA) is 115 Å². The average molecular weight is 436 g/mol. The molecule has 2 N–H and O–H groups in total. The Morgan fingerprint density at radius 3 is 2.77 bits per heavy atom. The summed E-state index contributed by atoms with van der Waals surface area (Å²) < 4.78 is 6.88. The van der Waals surface area contributed by atoms with E-state index in [1.165, 1.54) is 23.9 Å². The number of anilines is 1. The van der Waals surface area contributed by atoms with Crippen LogP contribution in [-0.2, 0) is 24.3 Å². The Hall–Kier alpha value is -3.79. The Balaban J connectivity index is 1.31. The molecule has 1 aromatic carbocycles. The number of hydrogen-bond acceptors (Lipinski definition) is 7. The summed E-state index contributed by atoms with van der Waals surface area (Å²) in [5.41, 5.74) is 3.12. The van der Waals surface area contributed by atoms with Gasteiger partial charge in [0.1, 0.15) is 18.4 Å². The Labute approximate surface area is 182 Å². The van der Waals surface area contributed by atoms with Crippen LogP contribution < -0.4 is 10.6 Å². The fourth-order valence-corrected chi connectivity index (χ4v) is 3.73. The second-order valence-electron chi connectivity index (χ2n) is 6.80. The molecule has 0 bridgehead atoms. The number of amides is 2. The number of nitrogens with zero attached hydrogens (tertiary/aromatic N) is 4. The fraction of sp³-hybridized carbons (Fsp3) is 0.190. The molecule has 0 aliphatic rings. The van der Waals surface area contributed by atoms with Gasteiger partial charge in [-0.2, -0.15) is 5.10 Å². The van der Waals surface area contributed by atoms with Gasteiger partial charge in [0.15, 0.2) is 5.13 Å². The van der Waals surface area contributed by atoms with Crippen LogP contribution in [0.2, 0.25) is 0 Å². The molecular weight excluding hydrogens is 416 g/mol. The number of carbonyl (C=O) groups excluding carboxylic acids is 2. The highest BCUT2D eigenvalue weighted by atomic mass is 32.1. The third kappa shape index (κ3) is 5.23. The van der Waals surface area contributed by atoms with Gasteiger partial charge in [0, 0.05) is 11.9 Å². The summed E-state index contributed by atoms with van der Waals surface area (Å²) in [5.74, 6) is 0.0998. The van der Waals surface area contributed by atoms with Gasteiger partial charge < -0.3 is 9.73 Å². The lowest BCUT2D eigenvalue weighted by atomic mass is 10.1. The molecule has 0 saturated heterocycles. The van der Waals surface area contributed by atoms with Crippen molar-refractivity contribution in [2.45, 2.75) is 26.4 Å². The van der Waals surface area contributed by atoms with E-state index in [1.807, 2.05) is 24.3 Å². The molecule has 4 aromatic rings. The molecule has 0 atom stereocenters. The maximum absolute atomic E-state index is 12.4. The van der Waals surface area contributed by atoms with Crippen molar-refractivity contribution in [1.82, 2.24) is 25.1 Å². The van der Waals surface area contributed by atoms with E-state index in [4.69, 9.17) is 4.42 Å². The maximum Gasteiger partial charge on any atom is 0.260 e. The molecule has 9 nitrogen and oxygen atoms in total. The first-order chi connectivity index (χ1) is 15.1. The predicted molar refractivity (Wildman–Crippen MR) is 115 cm³/mol. The lowest BCUT2D eigenvalue weighted by Gasteiger charge is -2.10. The van der Waals surface area contributed by atoms with Gasteiger partial charge in [0.05, 0.1) is 30.5 Å². The van der Waals surface area contributed by atoms with Crippen LogP contribution in [0.25, 0.3) is 0 Å². The lowest BCUT2D eigenvalue weighted by molar-refractivity contribution is -0.120. The van der Waals surface area contributed by atoms with E-state index in [-0.39, 0.29) is 18.2 Å². The monoisotopic (exact) mass is 436 g/mol. The van der Waals surface area contributed by atoms with Crippen LogP contribution >= 0.6 is 11.3 Å². The van der Waals surface area contributed by atoms with E-state index in [9.17, 15) is 9.59 Å². The molecule has 0 saturated carbocycles. The summed E-state index contributed by atoms with van der Waals surface area (Å²) in [6, 6.07) is 9.46. The smallest absolute Gasteiger partial charge is 0.260 e. The van der Waals surface area contributed by atoms with Crippen molar-refractivity contribution in [3.63, 3.8) is 0 Å². The normalized spacial score (nSPS) is 10.7. The molecule has 0 aliphatic carbocycles. The number of hydrogen-bond donors (Lipinski definition) is 2. The Morgan fingerprint density at radius 2 is 2.03 bits per heavy atom. The Kier molecular flexibility index (Phi) is 6.18. The van der Waals surface area contributed by atoms with E-state index in [1.54, 1.807) is 29.4 Å². The molecule has 0 fully saturated rings. The predicted octanol–water partition coefficient (Wildman–Crippen LogP) is 2.80. The first kappa shape index (κ1) is 20.5.